The van der Waals surface area contributed by atoms with E-state index in [4.69, 9.17) is 0 Å². The van der Waals surface area contributed by atoms with E-state index in [-0.39, 0.29) is 10.8 Å². The van der Waals surface area contributed by atoms with Gasteiger partial charge in [-0.1, -0.05) is 12.1 Å². The Morgan fingerprint density at radius 2 is 1.91 bits per heavy atom. The summed E-state index contributed by atoms with van der Waals surface area (Å²) in [6.07, 6.45) is 0. The summed E-state index contributed by atoms with van der Waals surface area (Å²) >= 11 is 1.39. The summed E-state index contributed by atoms with van der Waals surface area (Å²) in [5.74, 6) is -0.0912. The van der Waals surface area contributed by atoms with Gasteiger partial charge in [-0.25, -0.2) is 4.98 Å². The van der Waals surface area contributed by atoms with E-state index >= 15 is 0 Å². The molecule has 2 aromatic heterocycles. The molecule has 0 radical (unpaired) electrons. The van der Waals surface area contributed by atoms with Crippen LogP contribution in [0.5, 0.6) is 5.88 Å². The molecule has 0 saturated heterocycles. The number of aromatic nitrogens is 2. The lowest BCUT2D eigenvalue weighted by Gasteiger charge is -1.98. The van der Waals surface area contributed by atoms with E-state index in [1.165, 1.54) is 29.5 Å². The normalized spacial score (nSPS) is 12.2. The van der Waals surface area contributed by atoms with Crippen LogP contribution in [-0.2, 0) is 10.1 Å². The quantitative estimate of drug-likeness (QED) is 0.483. The van der Waals surface area contributed by atoms with Gasteiger partial charge in [0.25, 0.3) is 10.1 Å². The molecular formula is C15H10N2O4S2. The van der Waals surface area contributed by atoms with Crippen molar-refractivity contribution in [3.05, 3.63) is 42.5 Å². The Hall–Kier alpha value is -2.42. The SMILES string of the molecule is O=S(=O)(O)c1ccc2[nH]c(O)c(-c3nc4ccccc4s3)c2c1. The van der Waals surface area contributed by atoms with Crippen LogP contribution < -0.4 is 0 Å². The van der Waals surface area contributed by atoms with Gasteiger partial charge < -0.3 is 10.1 Å². The molecule has 0 unspecified atom stereocenters. The average Bonchev–Trinajstić information content (AvgIpc) is 3.04. The maximum atomic E-state index is 11.3. The fraction of sp³-hybridized carbons (Fsp3) is 0. The number of aromatic hydroxyl groups is 1. The first kappa shape index (κ1) is 14.2. The summed E-state index contributed by atoms with van der Waals surface area (Å²) in [7, 11) is -4.32. The van der Waals surface area contributed by atoms with Crippen LogP contribution in [0.4, 0.5) is 0 Å². The van der Waals surface area contributed by atoms with Gasteiger partial charge in [0.15, 0.2) is 5.88 Å². The Bertz CT molecular complexity index is 1130. The van der Waals surface area contributed by atoms with E-state index < -0.39 is 10.1 Å². The molecule has 0 atom stereocenters. The molecule has 0 amide bonds. The predicted octanol–water partition coefficient (Wildman–Crippen LogP) is 3.40. The molecule has 0 aliphatic rings. The van der Waals surface area contributed by atoms with Gasteiger partial charge in [-0.05, 0) is 30.3 Å². The Balaban J connectivity index is 2.03. The molecule has 0 spiro atoms. The summed E-state index contributed by atoms with van der Waals surface area (Å²) in [5, 5.41) is 11.3. The number of benzene rings is 2. The van der Waals surface area contributed by atoms with E-state index in [9.17, 15) is 18.1 Å². The zero-order chi connectivity index (χ0) is 16.2. The second kappa shape index (κ2) is 4.79. The van der Waals surface area contributed by atoms with Gasteiger partial charge >= 0.3 is 0 Å². The van der Waals surface area contributed by atoms with Crippen LogP contribution in [0.1, 0.15) is 0 Å². The van der Waals surface area contributed by atoms with Gasteiger partial charge in [0.05, 0.1) is 20.7 Å². The number of aromatic amines is 1. The van der Waals surface area contributed by atoms with Gasteiger partial charge in [0.2, 0.25) is 0 Å². The van der Waals surface area contributed by atoms with Crippen molar-refractivity contribution in [3.8, 4) is 16.5 Å². The first-order valence-electron chi connectivity index (χ1n) is 6.61. The first-order valence-corrected chi connectivity index (χ1v) is 8.87. The Morgan fingerprint density at radius 1 is 1.13 bits per heavy atom. The molecule has 4 rings (SSSR count). The van der Waals surface area contributed by atoms with E-state index in [1.54, 1.807) is 0 Å². The standard InChI is InChI=1S/C15H10N2O4S2/c18-14-13(15-17-11-3-1-2-4-12(11)22-15)9-7-8(23(19,20)21)5-6-10(9)16-14/h1-7,16,18H,(H,19,20,21). The van der Waals surface area contributed by atoms with Crippen molar-refractivity contribution in [2.45, 2.75) is 4.90 Å². The van der Waals surface area contributed by atoms with Crippen LogP contribution in [0, 0.1) is 0 Å². The van der Waals surface area contributed by atoms with Crippen LogP contribution >= 0.6 is 11.3 Å². The minimum atomic E-state index is -4.32. The Labute approximate surface area is 134 Å². The molecule has 0 fully saturated rings. The monoisotopic (exact) mass is 346 g/mol. The van der Waals surface area contributed by atoms with Gasteiger partial charge in [0, 0.05) is 10.9 Å². The largest absolute Gasteiger partial charge is 0.494 e. The molecule has 3 N–H and O–H groups in total. The average molecular weight is 346 g/mol. The predicted molar refractivity (Wildman–Crippen MR) is 88.4 cm³/mol. The van der Waals surface area contributed by atoms with Crippen molar-refractivity contribution in [2.75, 3.05) is 0 Å². The van der Waals surface area contributed by atoms with Crippen molar-refractivity contribution in [1.29, 1.82) is 0 Å². The lowest BCUT2D eigenvalue weighted by molar-refractivity contribution is 0.460. The highest BCUT2D eigenvalue weighted by molar-refractivity contribution is 7.85. The van der Waals surface area contributed by atoms with Gasteiger partial charge in [-0.15, -0.1) is 11.3 Å². The Morgan fingerprint density at radius 3 is 2.65 bits per heavy atom. The number of nitrogens with one attached hydrogen (secondary N) is 1. The van der Waals surface area contributed by atoms with E-state index in [2.05, 4.69) is 9.97 Å². The van der Waals surface area contributed by atoms with Gasteiger partial charge in [-0.2, -0.15) is 8.42 Å². The fourth-order valence-corrected chi connectivity index (χ4v) is 4.05. The Kier molecular flexibility index (Phi) is 2.95. The topological polar surface area (TPSA) is 103 Å². The second-order valence-corrected chi connectivity index (χ2v) is 7.47. The van der Waals surface area contributed by atoms with Crippen LogP contribution in [0.15, 0.2) is 47.4 Å². The van der Waals surface area contributed by atoms with Crippen LogP contribution in [0.3, 0.4) is 0 Å². The zero-order valence-corrected chi connectivity index (χ0v) is 13.1. The van der Waals surface area contributed by atoms with Crippen molar-refractivity contribution >= 4 is 42.6 Å². The van der Waals surface area contributed by atoms with Gasteiger partial charge in [0.1, 0.15) is 5.01 Å². The van der Waals surface area contributed by atoms with E-state index in [0.29, 0.717) is 21.5 Å². The number of nitrogens with zero attached hydrogens (tertiary/aromatic N) is 1. The molecule has 2 heterocycles. The van der Waals surface area contributed by atoms with Crippen molar-refractivity contribution < 1.29 is 18.1 Å². The number of para-hydroxylation sites is 1. The number of H-pyrrole nitrogens is 1. The summed E-state index contributed by atoms with van der Waals surface area (Å²) in [5.41, 5.74) is 1.78. The molecular weight excluding hydrogens is 336 g/mol. The molecule has 0 aliphatic heterocycles. The molecule has 0 bridgehead atoms. The maximum Gasteiger partial charge on any atom is 0.294 e. The van der Waals surface area contributed by atoms with Crippen molar-refractivity contribution in [3.63, 3.8) is 0 Å². The zero-order valence-electron chi connectivity index (χ0n) is 11.5. The molecule has 8 heteroatoms. The number of rotatable bonds is 2. The lowest BCUT2D eigenvalue weighted by Crippen LogP contribution is -1.97. The highest BCUT2D eigenvalue weighted by atomic mass is 32.2. The number of fused-ring (bicyclic) bond motifs is 2. The summed E-state index contributed by atoms with van der Waals surface area (Å²) in [6, 6.07) is 11.6. The fourth-order valence-electron chi connectivity index (χ4n) is 2.51. The summed E-state index contributed by atoms with van der Waals surface area (Å²) in [4.78, 5) is 7.05. The molecule has 4 aromatic rings. The van der Waals surface area contributed by atoms with Crippen molar-refractivity contribution in [1.82, 2.24) is 9.97 Å². The molecule has 116 valence electrons. The second-order valence-electron chi connectivity index (χ2n) is 5.02. The van der Waals surface area contributed by atoms with Gasteiger partial charge in [-0.3, -0.25) is 4.55 Å². The molecule has 2 aromatic carbocycles. The van der Waals surface area contributed by atoms with Crippen LogP contribution in [0.2, 0.25) is 0 Å². The molecule has 23 heavy (non-hydrogen) atoms. The van der Waals surface area contributed by atoms with E-state index in [1.807, 2.05) is 24.3 Å². The minimum absolute atomic E-state index is 0.0912. The first-order chi connectivity index (χ1) is 10.9. The summed E-state index contributed by atoms with van der Waals surface area (Å²) in [6.45, 7) is 0. The summed E-state index contributed by atoms with van der Waals surface area (Å²) < 4.78 is 32.9. The smallest absolute Gasteiger partial charge is 0.294 e. The molecule has 0 aliphatic carbocycles. The van der Waals surface area contributed by atoms with Crippen molar-refractivity contribution in [2.24, 2.45) is 0 Å². The minimum Gasteiger partial charge on any atom is -0.494 e. The molecule has 6 nitrogen and oxygen atoms in total. The third-order valence-corrected chi connectivity index (χ3v) is 5.46. The lowest BCUT2D eigenvalue weighted by atomic mass is 10.2. The molecule has 0 saturated carbocycles. The van der Waals surface area contributed by atoms with Crippen LogP contribution in [0.25, 0.3) is 31.7 Å². The number of hydrogen-bond donors (Lipinski definition) is 3. The number of thiazole rings is 1. The number of hydrogen-bond acceptors (Lipinski definition) is 5. The van der Waals surface area contributed by atoms with Crippen LogP contribution in [-0.4, -0.2) is 28.0 Å². The maximum absolute atomic E-state index is 11.3. The highest BCUT2D eigenvalue weighted by Gasteiger charge is 2.19. The van der Waals surface area contributed by atoms with E-state index in [0.717, 1.165) is 10.2 Å². The third-order valence-electron chi connectivity index (χ3n) is 3.56. The third kappa shape index (κ3) is 2.27. The highest BCUT2D eigenvalue weighted by Crippen LogP contribution is 2.40.